The minimum Gasteiger partial charge on any atom is -0.395 e. The van der Waals surface area contributed by atoms with Crippen molar-refractivity contribution in [1.29, 1.82) is 10.5 Å². The fourth-order valence-corrected chi connectivity index (χ4v) is 2.85. The van der Waals surface area contributed by atoms with Crippen molar-refractivity contribution in [2.24, 2.45) is 22.3 Å². The van der Waals surface area contributed by atoms with Gasteiger partial charge in [-0.25, -0.2) is 0 Å². The van der Waals surface area contributed by atoms with Crippen LogP contribution in [0.25, 0.3) is 0 Å². The van der Waals surface area contributed by atoms with E-state index >= 15 is 0 Å². The van der Waals surface area contributed by atoms with Crippen LogP contribution >= 0.6 is 0 Å². The Morgan fingerprint density at radius 1 is 0.950 bits per heavy atom. The van der Waals surface area contributed by atoms with E-state index in [4.69, 9.17) is 11.5 Å². The van der Waals surface area contributed by atoms with Crippen molar-refractivity contribution in [3.63, 3.8) is 0 Å². The van der Waals surface area contributed by atoms with Crippen molar-refractivity contribution in [2.45, 2.75) is 12.8 Å². The Labute approximate surface area is 111 Å². The first-order valence-electron chi connectivity index (χ1n) is 5.37. The van der Waals surface area contributed by atoms with Crippen LogP contribution in [-0.2, 0) is 0 Å². The van der Waals surface area contributed by atoms with Crippen LogP contribution in [0.3, 0.4) is 0 Å². The molecule has 102 valence electrons. The summed E-state index contributed by atoms with van der Waals surface area (Å²) in [7, 11) is 0. The summed E-state index contributed by atoms with van der Waals surface area (Å²) in [5.74, 6) is 0. The third-order valence-corrected chi connectivity index (χ3v) is 3.96. The van der Waals surface area contributed by atoms with Crippen LogP contribution in [0.2, 0.25) is 0 Å². The molecule has 0 saturated heterocycles. The number of hydrogen-bond acceptors (Lipinski definition) is 8. The Hall–Kier alpha value is -3.14. The van der Waals surface area contributed by atoms with Gasteiger partial charge in [-0.3, -0.25) is 20.2 Å². The summed E-state index contributed by atoms with van der Waals surface area (Å²) < 4.78 is 0. The molecule has 4 N–H and O–H groups in total. The molecule has 10 nitrogen and oxygen atoms in total. The number of hydrogen-bond donors (Lipinski definition) is 2. The van der Waals surface area contributed by atoms with Gasteiger partial charge >= 0.3 is 0 Å². The molecule has 0 aromatic carbocycles. The second-order valence-corrected chi connectivity index (χ2v) is 4.62. The van der Waals surface area contributed by atoms with Gasteiger partial charge in [0.1, 0.15) is 22.2 Å². The van der Waals surface area contributed by atoms with Crippen molar-refractivity contribution in [1.82, 2.24) is 0 Å². The molecule has 0 aliphatic heterocycles. The normalized spacial score (nSPS) is 31.7. The zero-order chi connectivity index (χ0) is 15.3. The van der Waals surface area contributed by atoms with E-state index in [9.17, 15) is 30.8 Å². The molecular weight excluding hydrogens is 268 g/mol. The molecule has 10 heteroatoms. The summed E-state index contributed by atoms with van der Waals surface area (Å²) in [6, 6.07) is 3.49. The Bertz CT molecular complexity index is 636. The molecule has 0 fully saturated rings. The molecular formula is C10H8N6O4. The lowest BCUT2D eigenvalue weighted by Gasteiger charge is -2.28. The third kappa shape index (κ3) is 1.15. The smallest absolute Gasteiger partial charge is 0.268 e. The SMILES string of the molecule is N#C[C@]12CC([N+](=O)[O-])=C(N)[C@@]1(C#N)CC([N+](=O)[O-])=C2N. The molecule has 0 unspecified atom stereocenters. The molecule has 0 bridgehead atoms. The topological polar surface area (TPSA) is 186 Å². The molecule has 2 aliphatic rings. The molecule has 0 radical (unpaired) electrons. The average molecular weight is 276 g/mol. The second-order valence-electron chi connectivity index (χ2n) is 4.62. The lowest BCUT2D eigenvalue weighted by molar-refractivity contribution is -0.431. The van der Waals surface area contributed by atoms with E-state index in [1.807, 2.05) is 0 Å². The van der Waals surface area contributed by atoms with Crippen LogP contribution < -0.4 is 11.5 Å². The molecule has 20 heavy (non-hydrogen) atoms. The summed E-state index contributed by atoms with van der Waals surface area (Å²) in [5, 5.41) is 40.6. The number of allylic oxidation sites excluding steroid dienone is 4. The highest BCUT2D eigenvalue weighted by Crippen LogP contribution is 2.64. The summed E-state index contributed by atoms with van der Waals surface area (Å²) in [4.78, 5) is 20.3. The fourth-order valence-electron chi connectivity index (χ4n) is 2.85. The lowest BCUT2D eigenvalue weighted by atomic mass is 9.67. The van der Waals surface area contributed by atoms with Gasteiger partial charge in [0.25, 0.3) is 11.4 Å². The first-order chi connectivity index (χ1) is 9.27. The molecule has 0 spiro atoms. The predicted octanol–water partition coefficient (Wildman–Crippen LogP) is -0.292. The van der Waals surface area contributed by atoms with Crippen LogP contribution in [0.1, 0.15) is 12.8 Å². The first-order valence-corrected chi connectivity index (χ1v) is 5.37. The van der Waals surface area contributed by atoms with Gasteiger partial charge in [-0.15, -0.1) is 0 Å². The van der Waals surface area contributed by atoms with Crippen molar-refractivity contribution >= 4 is 0 Å². The highest BCUT2D eigenvalue weighted by Gasteiger charge is 2.71. The monoisotopic (exact) mass is 276 g/mol. The molecule has 0 heterocycles. The maximum atomic E-state index is 10.9. The van der Waals surface area contributed by atoms with E-state index in [1.165, 1.54) is 0 Å². The van der Waals surface area contributed by atoms with E-state index in [0.717, 1.165) is 0 Å². The van der Waals surface area contributed by atoms with Gasteiger partial charge in [0, 0.05) is 0 Å². The highest BCUT2D eigenvalue weighted by molar-refractivity contribution is 5.52. The van der Waals surface area contributed by atoms with E-state index in [-0.39, 0.29) is 0 Å². The summed E-state index contributed by atoms with van der Waals surface area (Å²) in [5.41, 5.74) is 5.79. The zero-order valence-corrected chi connectivity index (χ0v) is 9.99. The predicted molar refractivity (Wildman–Crippen MR) is 61.7 cm³/mol. The third-order valence-electron chi connectivity index (χ3n) is 3.96. The van der Waals surface area contributed by atoms with Crippen LogP contribution in [0.4, 0.5) is 0 Å². The van der Waals surface area contributed by atoms with Gasteiger partial charge in [-0.2, -0.15) is 10.5 Å². The Morgan fingerprint density at radius 2 is 1.25 bits per heavy atom. The number of nitro groups is 2. The van der Waals surface area contributed by atoms with Crippen LogP contribution in [0, 0.1) is 53.7 Å². The molecule has 2 rings (SSSR count). The van der Waals surface area contributed by atoms with Gasteiger partial charge in [-0.1, -0.05) is 0 Å². The lowest BCUT2D eigenvalue weighted by Crippen LogP contribution is -2.39. The summed E-state index contributed by atoms with van der Waals surface area (Å²) in [6.07, 6.45) is -1.03. The van der Waals surface area contributed by atoms with Gasteiger partial charge < -0.3 is 11.5 Å². The number of nitrogens with two attached hydrogens (primary N) is 2. The van der Waals surface area contributed by atoms with E-state index in [1.54, 1.807) is 12.1 Å². The number of rotatable bonds is 2. The van der Waals surface area contributed by atoms with Gasteiger partial charge in [0.05, 0.1) is 34.8 Å². The Balaban J connectivity index is 2.76. The summed E-state index contributed by atoms with van der Waals surface area (Å²) in [6.45, 7) is 0. The highest BCUT2D eigenvalue weighted by atomic mass is 16.6. The summed E-state index contributed by atoms with van der Waals surface area (Å²) >= 11 is 0. The van der Waals surface area contributed by atoms with Crippen LogP contribution in [0.15, 0.2) is 22.8 Å². The number of nitrogens with zero attached hydrogens (tertiary/aromatic N) is 4. The van der Waals surface area contributed by atoms with Gasteiger partial charge in [0.2, 0.25) is 0 Å². The molecule has 0 saturated carbocycles. The largest absolute Gasteiger partial charge is 0.395 e. The van der Waals surface area contributed by atoms with Crippen molar-refractivity contribution in [3.8, 4) is 12.1 Å². The maximum Gasteiger partial charge on any atom is 0.268 e. The minimum absolute atomic E-state index is 0.425. The van der Waals surface area contributed by atoms with Crippen LogP contribution in [0.5, 0.6) is 0 Å². The van der Waals surface area contributed by atoms with Gasteiger partial charge in [0.15, 0.2) is 0 Å². The van der Waals surface area contributed by atoms with E-state index in [2.05, 4.69) is 0 Å². The molecule has 0 aromatic heterocycles. The van der Waals surface area contributed by atoms with Crippen LogP contribution in [-0.4, -0.2) is 9.85 Å². The van der Waals surface area contributed by atoms with Gasteiger partial charge in [-0.05, 0) is 0 Å². The quantitative estimate of drug-likeness (QED) is 0.508. The molecule has 2 aliphatic carbocycles. The fraction of sp³-hybridized carbons (Fsp3) is 0.400. The zero-order valence-electron chi connectivity index (χ0n) is 9.99. The average Bonchev–Trinajstić information content (AvgIpc) is 2.80. The second kappa shape index (κ2) is 3.68. The van der Waals surface area contributed by atoms with Crippen molar-refractivity contribution < 1.29 is 9.85 Å². The van der Waals surface area contributed by atoms with Crippen molar-refractivity contribution in [2.75, 3.05) is 0 Å². The maximum absolute atomic E-state index is 10.9. The van der Waals surface area contributed by atoms with E-state index < -0.39 is 56.3 Å². The molecule has 0 aromatic rings. The number of nitriles is 2. The Kier molecular flexibility index (Phi) is 2.44. The standard InChI is InChI=1S/C10H8N6O4/c11-3-9-1-5(15(17)18)7(13)10(9,4-12)2-6(8(9)14)16(19)20/h1-2,13-14H2/t9-,10-/m0/s1. The van der Waals surface area contributed by atoms with E-state index in [0.29, 0.717) is 0 Å². The molecule has 0 amide bonds. The minimum atomic E-state index is -1.85. The Morgan fingerprint density at radius 3 is 1.45 bits per heavy atom. The first kappa shape index (κ1) is 13.3. The van der Waals surface area contributed by atoms with Crippen molar-refractivity contribution in [3.05, 3.63) is 43.0 Å². The number of fused-ring (bicyclic) bond motifs is 1. The molecule has 2 atom stereocenters.